The summed E-state index contributed by atoms with van der Waals surface area (Å²) < 4.78 is 13.7. The van der Waals surface area contributed by atoms with Crippen LogP contribution in [0.2, 0.25) is 0 Å². The number of aromatic nitrogens is 1. The van der Waals surface area contributed by atoms with E-state index in [2.05, 4.69) is 20.9 Å². The molecular weight excluding hydrogens is 315 g/mol. The van der Waals surface area contributed by atoms with Crippen LogP contribution >= 0.6 is 27.3 Å². The number of nitrogens with two attached hydrogens (primary N) is 1. The third-order valence-corrected chi connectivity index (χ3v) is 4.71. The Hall–Kier alpha value is -0.780. The van der Waals surface area contributed by atoms with E-state index >= 15 is 0 Å². The smallest absolute Gasteiger partial charge is 0.124 e. The lowest BCUT2D eigenvalue weighted by atomic mass is 10.0. The average molecular weight is 329 g/mol. The van der Waals surface area contributed by atoms with Crippen LogP contribution in [-0.4, -0.2) is 4.98 Å². The van der Waals surface area contributed by atoms with E-state index in [1.165, 1.54) is 23.5 Å². The molecule has 5 heteroatoms. The Morgan fingerprint density at radius 1 is 1.50 bits per heavy atom. The van der Waals surface area contributed by atoms with Crippen molar-refractivity contribution in [1.82, 2.24) is 4.98 Å². The molecule has 0 bridgehead atoms. The molecule has 0 aliphatic carbocycles. The number of halogens is 2. The van der Waals surface area contributed by atoms with Crippen LogP contribution in [0.15, 0.2) is 28.1 Å². The van der Waals surface area contributed by atoms with E-state index in [-0.39, 0.29) is 5.82 Å². The number of hydrogen-bond acceptors (Lipinski definition) is 3. The quantitative estimate of drug-likeness (QED) is 0.912. The number of thiazole rings is 1. The third-order valence-electron chi connectivity index (χ3n) is 2.93. The number of hydrogen-bond donors (Lipinski definition) is 1. The second-order valence-corrected chi connectivity index (χ2v) is 6.15. The van der Waals surface area contributed by atoms with Crippen molar-refractivity contribution in [3.63, 3.8) is 0 Å². The monoisotopic (exact) mass is 328 g/mol. The van der Waals surface area contributed by atoms with Gasteiger partial charge >= 0.3 is 0 Å². The first-order valence-electron chi connectivity index (χ1n) is 5.64. The van der Waals surface area contributed by atoms with E-state index < -0.39 is 5.54 Å². The maximum Gasteiger partial charge on any atom is 0.124 e. The number of rotatable bonds is 3. The van der Waals surface area contributed by atoms with Gasteiger partial charge in [0.05, 0.1) is 11.2 Å². The van der Waals surface area contributed by atoms with Gasteiger partial charge in [0.15, 0.2) is 0 Å². The van der Waals surface area contributed by atoms with Gasteiger partial charge < -0.3 is 5.73 Å². The molecule has 0 fully saturated rings. The van der Waals surface area contributed by atoms with Crippen LogP contribution in [-0.2, 0) is 5.54 Å². The highest BCUT2D eigenvalue weighted by Crippen LogP contribution is 2.33. The van der Waals surface area contributed by atoms with E-state index in [1.54, 1.807) is 6.07 Å². The lowest BCUT2D eigenvalue weighted by Crippen LogP contribution is -2.31. The molecule has 96 valence electrons. The molecule has 0 saturated carbocycles. The molecule has 1 aromatic carbocycles. The molecule has 2 N–H and O–H groups in total. The fourth-order valence-corrected chi connectivity index (χ4v) is 3.03. The van der Waals surface area contributed by atoms with Crippen molar-refractivity contribution >= 4 is 27.3 Å². The Bertz CT molecular complexity index is 566. The summed E-state index contributed by atoms with van der Waals surface area (Å²) in [6.45, 7) is 4.00. The highest BCUT2D eigenvalue weighted by Gasteiger charge is 2.23. The first-order chi connectivity index (χ1) is 8.44. The third kappa shape index (κ3) is 2.63. The van der Waals surface area contributed by atoms with Gasteiger partial charge in [-0.15, -0.1) is 11.3 Å². The molecule has 0 spiro atoms. The van der Waals surface area contributed by atoms with Gasteiger partial charge in [-0.25, -0.2) is 9.37 Å². The summed E-state index contributed by atoms with van der Waals surface area (Å²) in [4.78, 5) is 4.55. The lowest BCUT2D eigenvalue weighted by molar-refractivity contribution is 0.474. The Labute approximate surface area is 118 Å². The van der Waals surface area contributed by atoms with Gasteiger partial charge in [-0.2, -0.15) is 0 Å². The molecule has 1 unspecified atom stereocenters. The highest BCUT2D eigenvalue weighted by atomic mass is 79.9. The molecule has 18 heavy (non-hydrogen) atoms. The van der Waals surface area contributed by atoms with E-state index in [4.69, 9.17) is 5.73 Å². The van der Waals surface area contributed by atoms with Crippen LogP contribution in [0.5, 0.6) is 0 Å². The summed E-state index contributed by atoms with van der Waals surface area (Å²) >= 11 is 4.89. The topological polar surface area (TPSA) is 38.9 Å². The Morgan fingerprint density at radius 2 is 2.22 bits per heavy atom. The first-order valence-corrected chi connectivity index (χ1v) is 7.31. The summed E-state index contributed by atoms with van der Waals surface area (Å²) in [5.74, 6) is -0.265. The fourth-order valence-electron chi connectivity index (χ4n) is 1.51. The average Bonchev–Trinajstić information content (AvgIpc) is 2.79. The molecule has 0 radical (unpaired) electrons. The molecule has 2 rings (SSSR count). The molecule has 0 aliphatic rings. The zero-order chi connectivity index (χ0) is 13.3. The maximum absolute atomic E-state index is 13.0. The van der Waals surface area contributed by atoms with Gasteiger partial charge in [-0.1, -0.05) is 6.92 Å². The zero-order valence-corrected chi connectivity index (χ0v) is 12.6. The molecule has 0 aliphatic heterocycles. The molecule has 0 amide bonds. The van der Waals surface area contributed by atoms with E-state index in [0.717, 1.165) is 22.7 Å². The molecule has 1 aromatic heterocycles. The zero-order valence-electron chi connectivity index (χ0n) is 10.2. The van der Waals surface area contributed by atoms with Crippen molar-refractivity contribution in [1.29, 1.82) is 0 Å². The molecule has 1 heterocycles. The second-order valence-electron chi connectivity index (χ2n) is 4.43. The summed E-state index contributed by atoms with van der Waals surface area (Å²) in [5.41, 5.74) is 7.47. The molecule has 1 atom stereocenters. The second kappa shape index (κ2) is 5.07. The van der Waals surface area contributed by atoms with Crippen molar-refractivity contribution in [2.24, 2.45) is 5.73 Å². The minimum atomic E-state index is -0.407. The molecule has 0 saturated heterocycles. The van der Waals surface area contributed by atoms with Crippen LogP contribution in [0.3, 0.4) is 0 Å². The van der Waals surface area contributed by atoms with Gasteiger partial charge in [0, 0.05) is 15.4 Å². The Balaban J connectivity index is 2.41. The van der Waals surface area contributed by atoms with Crippen molar-refractivity contribution in [2.45, 2.75) is 25.8 Å². The van der Waals surface area contributed by atoms with Gasteiger partial charge in [0.2, 0.25) is 0 Å². The lowest BCUT2D eigenvalue weighted by Gasteiger charge is -2.18. The summed E-state index contributed by atoms with van der Waals surface area (Å²) in [7, 11) is 0. The highest BCUT2D eigenvalue weighted by molar-refractivity contribution is 9.10. The van der Waals surface area contributed by atoms with Crippen LogP contribution in [0.4, 0.5) is 4.39 Å². The minimum Gasteiger partial charge on any atom is -0.320 e. The van der Waals surface area contributed by atoms with Crippen molar-refractivity contribution in [2.75, 3.05) is 0 Å². The first kappa shape index (κ1) is 13.6. The summed E-state index contributed by atoms with van der Waals surface area (Å²) in [5, 5.41) is 2.85. The van der Waals surface area contributed by atoms with E-state index in [1.807, 2.05) is 19.2 Å². The minimum absolute atomic E-state index is 0.265. The van der Waals surface area contributed by atoms with Crippen LogP contribution < -0.4 is 5.73 Å². The molecule has 2 aromatic rings. The Morgan fingerprint density at radius 3 is 2.83 bits per heavy atom. The van der Waals surface area contributed by atoms with E-state index in [0.29, 0.717) is 4.47 Å². The van der Waals surface area contributed by atoms with Crippen molar-refractivity contribution in [3.8, 4) is 11.3 Å². The normalized spacial score (nSPS) is 14.5. The van der Waals surface area contributed by atoms with Gasteiger partial charge in [0.1, 0.15) is 10.8 Å². The summed E-state index contributed by atoms with van der Waals surface area (Å²) in [6, 6.07) is 4.59. The Kier molecular flexibility index (Phi) is 3.84. The van der Waals surface area contributed by atoms with E-state index in [9.17, 15) is 4.39 Å². The molecular formula is C13H14BrFN2S. The van der Waals surface area contributed by atoms with Crippen LogP contribution in [0.25, 0.3) is 11.3 Å². The van der Waals surface area contributed by atoms with Crippen LogP contribution in [0.1, 0.15) is 25.3 Å². The fraction of sp³-hybridized carbons (Fsp3) is 0.308. The SMILES string of the molecule is CCC(C)(N)c1nc(-c2ccc(F)cc2Br)cs1. The predicted octanol–water partition coefficient (Wildman–Crippen LogP) is 4.30. The molecule has 2 nitrogen and oxygen atoms in total. The van der Waals surface area contributed by atoms with Gasteiger partial charge in [-0.05, 0) is 47.5 Å². The predicted molar refractivity (Wildman–Crippen MR) is 77.0 cm³/mol. The van der Waals surface area contributed by atoms with Crippen molar-refractivity contribution < 1.29 is 4.39 Å². The maximum atomic E-state index is 13.0. The van der Waals surface area contributed by atoms with Gasteiger partial charge in [0.25, 0.3) is 0 Å². The summed E-state index contributed by atoms with van der Waals surface area (Å²) in [6.07, 6.45) is 0.824. The number of nitrogens with zero attached hydrogens (tertiary/aromatic N) is 1. The van der Waals surface area contributed by atoms with Crippen molar-refractivity contribution in [3.05, 3.63) is 38.9 Å². The van der Waals surface area contributed by atoms with Crippen LogP contribution in [0, 0.1) is 5.82 Å². The number of benzene rings is 1. The standard InChI is InChI=1S/C13H14BrFN2S/c1-3-13(2,16)12-17-11(7-18-12)9-5-4-8(15)6-10(9)14/h4-7H,3,16H2,1-2H3. The largest absolute Gasteiger partial charge is 0.320 e. The van der Waals surface area contributed by atoms with Gasteiger partial charge in [-0.3, -0.25) is 0 Å².